The van der Waals surface area contributed by atoms with Gasteiger partial charge in [-0.1, -0.05) is 6.07 Å². The predicted octanol–water partition coefficient (Wildman–Crippen LogP) is 2.91. The summed E-state index contributed by atoms with van der Waals surface area (Å²) in [5.74, 6) is 2.49. The van der Waals surface area contributed by atoms with Crippen LogP contribution < -0.4 is 9.47 Å². The van der Waals surface area contributed by atoms with Crippen LogP contribution >= 0.6 is 0 Å². The maximum atomic E-state index is 12.2. The summed E-state index contributed by atoms with van der Waals surface area (Å²) in [6.45, 7) is 2.74. The van der Waals surface area contributed by atoms with E-state index in [4.69, 9.17) is 13.9 Å². The van der Waals surface area contributed by atoms with Gasteiger partial charge in [-0.25, -0.2) is 0 Å². The van der Waals surface area contributed by atoms with Crippen molar-refractivity contribution in [3.63, 3.8) is 0 Å². The third kappa shape index (κ3) is 3.08. The van der Waals surface area contributed by atoms with Gasteiger partial charge in [-0.05, 0) is 37.1 Å². The summed E-state index contributed by atoms with van der Waals surface area (Å²) < 4.78 is 15.9. The van der Waals surface area contributed by atoms with Crippen LogP contribution in [0.4, 0.5) is 0 Å². The molecule has 2 aromatic rings. The highest BCUT2D eigenvalue weighted by Gasteiger charge is 2.15. The normalized spacial score (nSPS) is 12.5. The second-order valence-corrected chi connectivity index (χ2v) is 5.44. The molecule has 0 aliphatic carbocycles. The van der Waals surface area contributed by atoms with Crippen LogP contribution in [0, 0.1) is 6.92 Å². The molecule has 0 unspecified atom stereocenters. The number of carbonyl (C=O) groups is 1. The van der Waals surface area contributed by atoms with Gasteiger partial charge in [0.05, 0.1) is 6.26 Å². The lowest BCUT2D eigenvalue weighted by atomic mass is 10.1. The van der Waals surface area contributed by atoms with Crippen molar-refractivity contribution in [2.24, 2.45) is 0 Å². The summed E-state index contributed by atoms with van der Waals surface area (Å²) in [5, 5.41) is 0. The van der Waals surface area contributed by atoms with E-state index in [0.717, 1.165) is 28.4 Å². The molecule has 0 N–H and O–H groups in total. The molecule has 1 aliphatic rings. The number of carbonyl (C=O) groups excluding carboxylic acids is 1. The van der Waals surface area contributed by atoms with E-state index in [1.165, 1.54) is 0 Å². The van der Waals surface area contributed by atoms with E-state index >= 15 is 0 Å². The Balaban J connectivity index is 1.54. The van der Waals surface area contributed by atoms with Gasteiger partial charge in [0.2, 0.25) is 12.7 Å². The van der Waals surface area contributed by atoms with Crippen LogP contribution in [0.2, 0.25) is 0 Å². The van der Waals surface area contributed by atoms with Gasteiger partial charge < -0.3 is 18.8 Å². The molecular formula is C17H19NO4. The Morgan fingerprint density at radius 1 is 1.23 bits per heavy atom. The topological polar surface area (TPSA) is 51.9 Å². The van der Waals surface area contributed by atoms with Gasteiger partial charge in [-0.2, -0.15) is 0 Å². The molecule has 0 atom stereocenters. The molecule has 0 bridgehead atoms. The smallest absolute Gasteiger partial charge is 0.231 e. The Hall–Kier alpha value is -2.43. The fraction of sp³-hybridized carbons (Fsp3) is 0.353. The average Bonchev–Trinajstić information content (AvgIpc) is 3.13. The minimum absolute atomic E-state index is 0.110. The Labute approximate surface area is 129 Å². The van der Waals surface area contributed by atoms with Gasteiger partial charge in [0.15, 0.2) is 11.5 Å². The first-order valence-corrected chi connectivity index (χ1v) is 7.29. The zero-order valence-electron chi connectivity index (χ0n) is 12.8. The van der Waals surface area contributed by atoms with E-state index in [-0.39, 0.29) is 12.7 Å². The van der Waals surface area contributed by atoms with E-state index in [1.54, 1.807) is 11.2 Å². The van der Waals surface area contributed by atoms with E-state index < -0.39 is 0 Å². The molecule has 22 heavy (non-hydrogen) atoms. The zero-order chi connectivity index (χ0) is 15.5. The Morgan fingerprint density at radius 2 is 2.05 bits per heavy atom. The number of amides is 1. The van der Waals surface area contributed by atoms with Crippen molar-refractivity contribution in [2.45, 2.75) is 26.3 Å². The van der Waals surface area contributed by atoms with Crippen LogP contribution in [-0.4, -0.2) is 24.6 Å². The minimum atomic E-state index is 0.110. The van der Waals surface area contributed by atoms with Crippen LogP contribution in [-0.2, 0) is 17.8 Å². The molecule has 0 radical (unpaired) electrons. The SMILES string of the molecule is Cc1occc1CN(C)C(=O)CCc1ccc2c(c1)OCO2. The van der Waals surface area contributed by atoms with Gasteiger partial charge in [0.1, 0.15) is 5.76 Å². The third-order valence-corrected chi connectivity index (χ3v) is 3.86. The summed E-state index contributed by atoms with van der Waals surface area (Å²) in [6, 6.07) is 7.70. The molecule has 2 heterocycles. The lowest BCUT2D eigenvalue weighted by molar-refractivity contribution is -0.130. The van der Waals surface area contributed by atoms with Crippen molar-refractivity contribution in [3.8, 4) is 11.5 Å². The van der Waals surface area contributed by atoms with E-state index in [1.807, 2.05) is 38.2 Å². The third-order valence-electron chi connectivity index (χ3n) is 3.86. The molecule has 1 amide bonds. The van der Waals surface area contributed by atoms with Crippen LogP contribution in [0.5, 0.6) is 11.5 Å². The number of rotatable bonds is 5. The molecule has 1 aromatic heterocycles. The second-order valence-electron chi connectivity index (χ2n) is 5.44. The number of hydrogen-bond donors (Lipinski definition) is 0. The maximum absolute atomic E-state index is 12.2. The molecule has 3 rings (SSSR count). The molecule has 5 heteroatoms. The molecule has 0 spiro atoms. The highest BCUT2D eigenvalue weighted by atomic mass is 16.7. The summed E-state index contributed by atoms with van der Waals surface area (Å²) in [6.07, 6.45) is 2.80. The summed E-state index contributed by atoms with van der Waals surface area (Å²) >= 11 is 0. The first-order valence-electron chi connectivity index (χ1n) is 7.29. The number of aryl methyl sites for hydroxylation is 2. The molecule has 1 aromatic carbocycles. The van der Waals surface area contributed by atoms with Crippen molar-refractivity contribution in [1.29, 1.82) is 0 Å². The highest BCUT2D eigenvalue weighted by molar-refractivity contribution is 5.76. The van der Waals surface area contributed by atoms with Gasteiger partial charge in [-0.15, -0.1) is 0 Å². The van der Waals surface area contributed by atoms with Crippen molar-refractivity contribution in [1.82, 2.24) is 4.90 Å². The van der Waals surface area contributed by atoms with Crippen molar-refractivity contribution < 1.29 is 18.7 Å². The fourth-order valence-electron chi connectivity index (χ4n) is 2.46. The summed E-state index contributed by atoms with van der Waals surface area (Å²) in [5.41, 5.74) is 2.12. The van der Waals surface area contributed by atoms with Gasteiger partial charge in [0, 0.05) is 25.6 Å². The number of nitrogens with zero attached hydrogens (tertiary/aromatic N) is 1. The van der Waals surface area contributed by atoms with Crippen molar-refractivity contribution in [2.75, 3.05) is 13.8 Å². The van der Waals surface area contributed by atoms with Crippen LogP contribution in [0.3, 0.4) is 0 Å². The number of furan rings is 1. The fourth-order valence-corrected chi connectivity index (χ4v) is 2.46. The number of ether oxygens (including phenoxy) is 2. The largest absolute Gasteiger partial charge is 0.469 e. The van der Waals surface area contributed by atoms with Crippen LogP contribution in [0.1, 0.15) is 23.3 Å². The number of hydrogen-bond acceptors (Lipinski definition) is 4. The van der Waals surface area contributed by atoms with Crippen LogP contribution in [0.15, 0.2) is 34.9 Å². The second kappa shape index (κ2) is 6.13. The Kier molecular flexibility index (Phi) is 4.04. The first-order chi connectivity index (χ1) is 10.6. The first kappa shape index (κ1) is 14.5. The van der Waals surface area contributed by atoms with Crippen molar-refractivity contribution >= 4 is 5.91 Å². The van der Waals surface area contributed by atoms with Gasteiger partial charge in [-0.3, -0.25) is 4.79 Å². The minimum Gasteiger partial charge on any atom is -0.469 e. The van der Waals surface area contributed by atoms with E-state index in [2.05, 4.69) is 0 Å². The standard InChI is InChI=1S/C17H19NO4/c1-12-14(7-8-20-12)10-18(2)17(19)6-4-13-3-5-15-16(9-13)22-11-21-15/h3,5,7-9H,4,6,10-11H2,1-2H3. The van der Waals surface area contributed by atoms with Crippen LogP contribution in [0.25, 0.3) is 0 Å². The zero-order valence-corrected chi connectivity index (χ0v) is 12.8. The average molecular weight is 301 g/mol. The molecule has 1 aliphatic heterocycles. The lowest BCUT2D eigenvalue weighted by Gasteiger charge is -2.16. The molecular weight excluding hydrogens is 282 g/mol. The highest BCUT2D eigenvalue weighted by Crippen LogP contribution is 2.32. The molecule has 0 fully saturated rings. The van der Waals surface area contributed by atoms with E-state index in [9.17, 15) is 4.79 Å². The Morgan fingerprint density at radius 3 is 2.82 bits per heavy atom. The summed E-state index contributed by atoms with van der Waals surface area (Å²) in [4.78, 5) is 14.0. The molecule has 5 nitrogen and oxygen atoms in total. The number of fused-ring (bicyclic) bond motifs is 1. The van der Waals surface area contributed by atoms with Gasteiger partial charge in [0.25, 0.3) is 0 Å². The van der Waals surface area contributed by atoms with Crippen molar-refractivity contribution in [3.05, 3.63) is 47.4 Å². The monoisotopic (exact) mass is 301 g/mol. The molecule has 0 saturated heterocycles. The number of benzene rings is 1. The Bertz CT molecular complexity index is 677. The lowest BCUT2D eigenvalue weighted by Crippen LogP contribution is -2.26. The predicted molar refractivity (Wildman–Crippen MR) is 80.8 cm³/mol. The molecule has 116 valence electrons. The van der Waals surface area contributed by atoms with Gasteiger partial charge >= 0.3 is 0 Å². The molecule has 0 saturated carbocycles. The quantitative estimate of drug-likeness (QED) is 0.852. The summed E-state index contributed by atoms with van der Waals surface area (Å²) in [7, 11) is 1.81. The van der Waals surface area contributed by atoms with E-state index in [0.29, 0.717) is 19.4 Å². The maximum Gasteiger partial charge on any atom is 0.231 e.